The highest BCUT2D eigenvalue weighted by atomic mass is 16.5. The predicted molar refractivity (Wildman–Crippen MR) is 93.3 cm³/mol. The van der Waals surface area contributed by atoms with Gasteiger partial charge in [0.15, 0.2) is 0 Å². The molecule has 0 aromatic rings. The number of hydrazine groups is 1. The normalized spacial score (nSPS) is 12.7. The molecule has 0 bridgehead atoms. The Bertz CT molecular complexity index is 188. The smallest absolute Gasteiger partial charge is 0.0466 e. The zero-order chi connectivity index (χ0) is 15.6. The van der Waals surface area contributed by atoms with Crippen molar-refractivity contribution in [2.24, 2.45) is 5.84 Å². The van der Waals surface area contributed by atoms with Gasteiger partial charge in [-0.1, -0.05) is 71.1 Å². The predicted octanol–water partition coefficient (Wildman–Crippen LogP) is 4.95. The van der Waals surface area contributed by atoms with E-state index in [0.29, 0.717) is 6.04 Å². The molecule has 0 aromatic heterocycles. The van der Waals surface area contributed by atoms with Crippen molar-refractivity contribution in [3.63, 3.8) is 0 Å². The van der Waals surface area contributed by atoms with Crippen molar-refractivity contribution < 1.29 is 4.74 Å². The summed E-state index contributed by atoms with van der Waals surface area (Å²) in [6.45, 7) is 6.01. The fourth-order valence-electron chi connectivity index (χ4n) is 2.77. The van der Waals surface area contributed by atoms with Crippen LogP contribution < -0.4 is 11.3 Å². The second-order valence-corrected chi connectivity index (χ2v) is 6.17. The van der Waals surface area contributed by atoms with Crippen molar-refractivity contribution in [3.8, 4) is 0 Å². The third kappa shape index (κ3) is 16.1. The van der Waals surface area contributed by atoms with Gasteiger partial charge in [-0.15, -0.1) is 0 Å². The number of ether oxygens (including phenoxy) is 1. The summed E-state index contributed by atoms with van der Waals surface area (Å²) in [6, 6.07) is 0.472. The molecule has 0 heterocycles. The van der Waals surface area contributed by atoms with Crippen LogP contribution in [0.15, 0.2) is 0 Å². The van der Waals surface area contributed by atoms with Gasteiger partial charge in [0.1, 0.15) is 0 Å². The van der Waals surface area contributed by atoms with Crippen molar-refractivity contribution >= 4 is 0 Å². The van der Waals surface area contributed by atoms with E-state index in [0.717, 1.165) is 26.1 Å². The summed E-state index contributed by atoms with van der Waals surface area (Å²) >= 11 is 0. The van der Waals surface area contributed by atoms with Crippen molar-refractivity contribution in [3.05, 3.63) is 0 Å². The van der Waals surface area contributed by atoms with Crippen LogP contribution in [0.3, 0.4) is 0 Å². The van der Waals surface area contributed by atoms with Gasteiger partial charge in [0.25, 0.3) is 0 Å². The summed E-state index contributed by atoms with van der Waals surface area (Å²) in [5.74, 6) is 5.62. The standard InChI is InChI=1S/C18H40N2O/c1-3-5-6-7-8-9-10-11-12-13-15-18(20-19)16-14-17-21-4-2/h18,20H,3-17,19H2,1-2H3. The number of nitrogens with two attached hydrogens (primary N) is 1. The van der Waals surface area contributed by atoms with Crippen LogP contribution in [0.2, 0.25) is 0 Å². The van der Waals surface area contributed by atoms with Crippen LogP contribution in [0, 0.1) is 0 Å². The molecule has 21 heavy (non-hydrogen) atoms. The van der Waals surface area contributed by atoms with E-state index >= 15 is 0 Å². The minimum atomic E-state index is 0.472. The first-order valence-electron chi connectivity index (χ1n) is 9.39. The first kappa shape index (κ1) is 20.9. The molecule has 0 saturated heterocycles. The molecule has 0 aliphatic carbocycles. The Morgan fingerprint density at radius 2 is 1.29 bits per heavy atom. The summed E-state index contributed by atoms with van der Waals surface area (Å²) in [5.41, 5.74) is 2.95. The average Bonchev–Trinajstić information content (AvgIpc) is 2.51. The lowest BCUT2D eigenvalue weighted by atomic mass is 10.0. The molecule has 3 nitrogen and oxygen atoms in total. The highest BCUT2D eigenvalue weighted by Gasteiger charge is 2.05. The van der Waals surface area contributed by atoms with Gasteiger partial charge in [-0.05, 0) is 26.2 Å². The Kier molecular flexibility index (Phi) is 17.8. The maximum atomic E-state index is 5.62. The summed E-state index contributed by atoms with van der Waals surface area (Å²) < 4.78 is 5.36. The van der Waals surface area contributed by atoms with Crippen LogP contribution >= 0.6 is 0 Å². The Morgan fingerprint density at radius 3 is 1.81 bits per heavy atom. The Morgan fingerprint density at radius 1 is 0.762 bits per heavy atom. The second-order valence-electron chi connectivity index (χ2n) is 6.17. The van der Waals surface area contributed by atoms with Gasteiger partial charge in [0, 0.05) is 19.3 Å². The van der Waals surface area contributed by atoms with Gasteiger partial charge in [-0.2, -0.15) is 0 Å². The van der Waals surface area contributed by atoms with Crippen LogP contribution in [-0.4, -0.2) is 19.3 Å². The van der Waals surface area contributed by atoms with E-state index in [1.165, 1.54) is 70.6 Å². The van der Waals surface area contributed by atoms with Crippen molar-refractivity contribution in [2.75, 3.05) is 13.2 Å². The number of rotatable bonds is 17. The first-order chi connectivity index (χ1) is 10.3. The monoisotopic (exact) mass is 300 g/mol. The van der Waals surface area contributed by atoms with Crippen LogP contribution in [-0.2, 0) is 4.74 Å². The quantitative estimate of drug-likeness (QED) is 0.227. The Balaban J connectivity index is 3.23. The van der Waals surface area contributed by atoms with E-state index < -0.39 is 0 Å². The molecule has 0 fully saturated rings. The summed E-state index contributed by atoms with van der Waals surface area (Å²) in [4.78, 5) is 0. The van der Waals surface area contributed by atoms with Gasteiger partial charge in [-0.25, -0.2) is 0 Å². The van der Waals surface area contributed by atoms with Crippen LogP contribution in [0.5, 0.6) is 0 Å². The molecular weight excluding hydrogens is 260 g/mol. The lowest BCUT2D eigenvalue weighted by Crippen LogP contribution is -2.35. The molecule has 0 spiro atoms. The van der Waals surface area contributed by atoms with Crippen molar-refractivity contribution in [1.29, 1.82) is 0 Å². The van der Waals surface area contributed by atoms with E-state index in [1.807, 2.05) is 6.92 Å². The van der Waals surface area contributed by atoms with E-state index in [2.05, 4.69) is 12.3 Å². The lowest BCUT2D eigenvalue weighted by Gasteiger charge is -2.15. The maximum Gasteiger partial charge on any atom is 0.0466 e. The van der Waals surface area contributed by atoms with E-state index in [1.54, 1.807) is 0 Å². The zero-order valence-electron chi connectivity index (χ0n) is 14.7. The van der Waals surface area contributed by atoms with E-state index in [9.17, 15) is 0 Å². The molecule has 0 saturated carbocycles. The largest absolute Gasteiger partial charge is 0.382 e. The third-order valence-corrected chi connectivity index (χ3v) is 4.19. The van der Waals surface area contributed by atoms with Gasteiger partial charge < -0.3 is 4.74 Å². The molecule has 3 N–H and O–H groups in total. The molecule has 1 unspecified atom stereocenters. The molecule has 128 valence electrons. The van der Waals surface area contributed by atoms with Crippen molar-refractivity contribution in [1.82, 2.24) is 5.43 Å². The SMILES string of the molecule is CCCCCCCCCCCCC(CCCOCC)NN. The average molecular weight is 301 g/mol. The van der Waals surface area contributed by atoms with E-state index in [4.69, 9.17) is 10.6 Å². The molecule has 0 amide bonds. The van der Waals surface area contributed by atoms with E-state index in [-0.39, 0.29) is 0 Å². The molecule has 0 aromatic carbocycles. The van der Waals surface area contributed by atoms with Gasteiger partial charge in [-0.3, -0.25) is 11.3 Å². The van der Waals surface area contributed by atoms with Crippen LogP contribution in [0.1, 0.15) is 97.3 Å². The van der Waals surface area contributed by atoms with Crippen molar-refractivity contribution in [2.45, 2.75) is 103 Å². The fraction of sp³-hybridized carbons (Fsp3) is 1.00. The van der Waals surface area contributed by atoms with Gasteiger partial charge in [0.2, 0.25) is 0 Å². The number of nitrogens with one attached hydrogen (secondary N) is 1. The minimum Gasteiger partial charge on any atom is -0.382 e. The fourth-order valence-corrected chi connectivity index (χ4v) is 2.77. The summed E-state index contributed by atoms with van der Waals surface area (Å²) in [5, 5.41) is 0. The molecule has 0 aliphatic rings. The lowest BCUT2D eigenvalue weighted by molar-refractivity contribution is 0.140. The number of unbranched alkanes of at least 4 members (excludes halogenated alkanes) is 9. The highest BCUT2D eigenvalue weighted by Crippen LogP contribution is 2.13. The summed E-state index contributed by atoms with van der Waals surface area (Å²) in [7, 11) is 0. The van der Waals surface area contributed by atoms with Crippen LogP contribution in [0.25, 0.3) is 0 Å². The third-order valence-electron chi connectivity index (χ3n) is 4.19. The summed E-state index contributed by atoms with van der Waals surface area (Å²) in [6.07, 6.45) is 17.4. The highest BCUT2D eigenvalue weighted by molar-refractivity contribution is 4.63. The van der Waals surface area contributed by atoms with Gasteiger partial charge in [0.05, 0.1) is 0 Å². The zero-order valence-corrected chi connectivity index (χ0v) is 14.7. The Labute approximate surface area is 133 Å². The molecular formula is C18H40N2O. The minimum absolute atomic E-state index is 0.472. The molecule has 0 radical (unpaired) electrons. The number of hydrogen-bond donors (Lipinski definition) is 2. The van der Waals surface area contributed by atoms with Crippen LogP contribution in [0.4, 0.5) is 0 Å². The second kappa shape index (κ2) is 17.9. The maximum absolute atomic E-state index is 5.62. The Hall–Kier alpha value is -0.120. The molecule has 0 rings (SSSR count). The molecule has 1 atom stereocenters. The van der Waals surface area contributed by atoms with Gasteiger partial charge >= 0.3 is 0 Å². The topological polar surface area (TPSA) is 47.3 Å². The number of hydrogen-bond acceptors (Lipinski definition) is 3. The molecule has 0 aliphatic heterocycles. The first-order valence-corrected chi connectivity index (χ1v) is 9.39. The molecule has 3 heteroatoms.